The molecule has 3 rings (SSSR count). The van der Waals surface area contributed by atoms with Crippen LogP contribution in [0, 0.1) is 0 Å². The number of nitrogens with one attached hydrogen (secondary N) is 1. The van der Waals surface area contributed by atoms with Gasteiger partial charge in [0.05, 0.1) is 35.5 Å². The van der Waals surface area contributed by atoms with E-state index in [1.54, 1.807) is 21.1 Å². The Morgan fingerprint density at radius 1 is 1.27 bits per heavy atom. The molecule has 7 N–H and O–H groups in total. The largest absolute Gasteiger partial charge is 0.394 e. The maximum atomic E-state index is 12.8. The molecule has 1 fully saturated rings. The summed E-state index contributed by atoms with van der Waals surface area (Å²) in [6, 6.07) is -1.62. The molecule has 0 radical (unpaired) electrons. The lowest BCUT2D eigenvalue weighted by atomic mass is 9.95. The Labute approximate surface area is 190 Å². The highest BCUT2D eigenvalue weighted by Gasteiger charge is 2.49. The number of nitrogens with two attached hydrogens (primary N) is 2. The van der Waals surface area contributed by atoms with Gasteiger partial charge in [0.25, 0.3) is 5.91 Å². The Hall–Kier alpha value is -2.96. The van der Waals surface area contributed by atoms with E-state index in [4.69, 9.17) is 29.0 Å². The van der Waals surface area contributed by atoms with Crippen molar-refractivity contribution in [2.75, 3.05) is 32.9 Å². The Balaban J connectivity index is 0.000000696. The van der Waals surface area contributed by atoms with E-state index in [0.29, 0.717) is 17.0 Å². The topological polar surface area (TPSA) is 244 Å². The molecule has 0 aliphatic carbocycles. The Kier molecular flexibility index (Phi) is 7.56. The minimum atomic E-state index is -4.67. The molecule has 1 aromatic rings. The fourth-order valence-corrected chi connectivity index (χ4v) is 4.75. The second-order valence-electron chi connectivity index (χ2n) is 7.51. The van der Waals surface area contributed by atoms with Crippen molar-refractivity contribution in [3.8, 4) is 0 Å². The molecule has 2 unspecified atom stereocenters. The molecule has 2 atom stereocenters. The van der Waals surface area contributed by atoms with Crippen LogP contribution in [0.3, 0.4) is 0 Å². The Morgan fingerprint density at radius 2 is 1.85 bits per heavy atom. The van der Waals surface area contributed by atoms with Crippen molar-refractivity contribution in [3.05, 3.63) is 17.0 Å². The summed E-state index contributed by atoms with van der Waals surface area (Å²) in [6.07, 6.45) is 0. The van der Waals surface area contributed by atoms with Crippen LogP contribution < -0.4 is 16.8 Å². The average molecular weight is 511 g/mol. The van der Waals surface area contributed by atoms with Crippen LogP contribution in [0.15, 0.2) is 4.99 Å². The van der Waals surface area contributed by atoms with Crippen molar-refractivity contribution in [1.82, 2.24) is 24.9 Å². The van der Waals surface area contributed by atoms with Gasteiger partial charge >= 0.3 is 16.4 Å². The first kappa shape index (κ1) is 26.3. The number of fused-ring (bicyclic) bond motifs is 4. The summed E-state index contributed by atoms with van der Waals surface area (Å²) in [5.74, 6) is -1.02. The van der Waals surface area contributed by atoms with E-state index in [2.05, 4.69) is 15.4 Å². The Morgan fingerprint density at radius 3 is 2.36 bits per heavy atom. The summed E-state index contributed by atoms with van der Waals surface area (Å²) >= 11 is 0. The predicted molar refractivity (Wildman–Crippen MR) is 115 cm³/mol. The van der Waals surface area contributed by atoms with Crippen molar-refractivity contribution >= 4 is 38.1 Å². The van der Waals surface area contributed by atoms with Crippen molar-refractivity contribution in [3.63, 3.8) is 0 Å². The molecule has 0 spiro atoms. The standard InChI is InChI=1S/C15H24N8O4S.H2O4S/c1-21(2)13(24)12-11-10(8-6-23(12)15(25)19-8)9(20-22(11)3)7-28(26,27)5-4-18-14(16)17;1-5(2,3)4/h8,12H,4-7H2,1-3H3,(H,19,25)(H4,16,17,18);(H2,1,2,3,4). The molecule has 33 heavy (non-hydrogen) atoms. The molecular weight excluding hydrogens is 484 g/mol. The molecule has 1 saturated heterocycles. The summed E-state index contributed by atoms with van der Waals surface area (Å²) in [5, 5.41) is 7.17. The first-order valence-electron chi connectivity index (χ1n) is 9.31. The van der Waals surface area contributed by atoms with Gasteiger partial charge < -0.3 is 26.6 Å². The number of hydrogen-bond donors (Lipinski definition) is 5. The van der Waals surface area contributed by atoms with Crippen molar-refractivity contribution in [2.24, 2.45) is 23.5 Å². The summed E-state index contributed by atoms with van der Waals surface area (Å²) in [7, 11) is -3.37. The number of aromatic nitrogens is 2. The summed E-state index contributed by atoms with van der Waals surface area (Å²) < 4.78 is 58.1. The minimum absolute atomic E-state index is 0.0463. The van der Waals surface area contributed by atoms with E-state index in [1.807, 2.05) is 0 Å². The fraction of sp³-hybridized carbons (Fsp3) is 0.600. The molecular formula is C15H26N8O8S2. The third kappa shape index (κ3) is 6.53. The number of carbonyl (C=O) groups is 2. The minimum Gasteiger partial charge on any atom is -0.370 e. The second kappa shape index (κ2) is 9.49. The second-order valence-corrected chi connectivity index (χ2v) is 10.6. The van der Waals surface area contributed by atoms with Crippen molar-refractivity contribution in [2.45, 2.75) is 17.8 Å². The highest BCUT2D eigenvalue weighted by molar-refractivity contribution is 7.90. The van der Waals surface area contributed by atoms with E-state index in [1.165, 1.54) is 14.5 Å². The molecule has 2 bridgehead atoms. The van der Waals surface area contributed by atoms with Gasteiger partial charge in [0.15, 0.2) is 21.8 Å². The number of carbonyl (C=O) groups excluding carboxylic acids is 2. The van der Waals surface area contributed by atoms with Gasteiger partial charge in [-0.05, 0) is 0 Å². The zero-order valence-corrected chi connectivity index (χ0v) is 19.7. The van der Waals surface area contributed by atoms with Crippen LogP contribution in [0.25, 0.3) is 0 Å². The van der Waals surface area contributed by atoms with Gasteiger partial charge in [0.2, 0.25) is 0 Å². The van der Waals surface area contributed by atoms with Gasteiger partial charge in [0.1, 0.15) is 0 Å². The maximum Gasteiger partial charge on any atom is 0.394 e. The van der Waals surface area contributed by atoms with E-state index in [0.717, 1.165) is 0 Å². The highest BCUT2D eigenvalue weighted by atomic mass is 32.3. The van der Waals surface area contributed by atoms with Gasteiger partial charge in [0, 0.05) is 33.3 Å². The number of sulfone groups is 1. The monoisotopic (exact) mass is 510 g/mol. The third-order valence-electron chi connectivity index (χ3n) is 4.79. The van der Waals surface area contributed by atoms with Crippen LogP contribution in [0.2, 0.25) is 0 Å². The first-order valence-corrected chi connectivity index (χ1v) is 12.5. The number of hydrogen-bond acceptors (Lipinski definition) is 8. The van der Waals surface area contributed by atoms with E-state index in [9.17, 15) is 18.0 Å². The van der Waals surface area contributed by atoms with Crippen LogP contribution in [0.4, 0.5) is 4.79 Å². The fourth-order valence-electron chi connectivity index (χ4n) is 3.60. The number of urea groups is 1. The van der Waals surface area contributed by atoms with Crippen LogP contribution in [0.1, 0.15) is 29.0 Å². The van der Waals surface area contributed by atoms with Gasteiger partial charge in [-0.3, -0.25) is 23.6 Å². The number of rotatable bonds is 6. The molecule has 18 heteroatoms. The SMILES string of the molecule is CN(C)C(=O)C1c2c(c(CS(=O)(=O)CCN=C(N)N)nn2C)C2CN1C(=O)N2.O=S(=O)(O)O. The molecule has 3 amide bonds. The summed E-state index contributed by atoms with van der Waals surface area (Å²) in [6.45, 7) is 0.234. The van der Waals surface area contributed by atoms with Gasteiger partial charge in [-0.25, -0.2) is 13.2 Å². The van der Waals surface area contributed by atoms with E-state index in [-0.39, 0.29) is 42.5 Å². The molecule has 16 nitrogen and oxygen atoms in total. The Bertz CT molecular complexity index is 1160. The van der Waals surface area contributed by atoms with Gasteiger partial charge in [-0.1, -0.05) is 0 Å². The number of guanidine groups is 1. The van der Waals surface area contributed by atoms with Crippen molar-refractivity contribution in [1.29, 1.82) is 0 Å². The molecule has 2 aliphatic heterocycles. The van der Waals surface area contributed by atoms with Gasteiger partial charge in [-0.2, -0.15) is 13.5 Å². The maximum absolute atomic E-state index is 12.8. The van der Waals surface area contributed by atoms with Crippen LogP contribution >= 0.6 is 0 Å². The summed E-state index contributed by atoms with van der Waals surface area (Å²) in [4.78, 5) is 31.6. The van der Waals surface area contributed by atoms with Crippen LogP contribution in [-0.4, -0.2) is 96.4 Å². The smallest absolute Gasteiger partial charge is 0.370 e. The van der Waals surface area contributed by atoms with Crippen LogP contribution in [0.5, 0.6) is 0 Å². The highest BCUT2D eigenvalue weighted by Crippen LogP contribution is 2.41. The number of nitrogens with zero attached hydrogens (tertiary/aromatic N) is 5. The lowest BCUT2D eigenvalue weighted by Crippen LogP contribution is -2.43. The van der Waals surface area contributed by atoms with E-state index >= 15 is 0 Å². The van der Waals surface area contributed by atoms with Crippen molar-refractivity contribution < 1.29 is 35.5 Å². The number of amides is 3. The lowest BCUT2D eigenvalue weighted by molar-refractivity contribution is -0.133. The quantitative estimate of drug-likeness (QED) is 0.148. The average Bonchev–Trinajstić information content (AvgIpc) is 3.11. The van der Waals surface area contributed by atoms with Gasteiger partial charge in [-0.15, -0.1) is 0 Å². The van der Waals surface area contributed by atoms with E-state index < -0.39 is 32.3 Å². The molecule has 0 aromatic carbocycles. The molecule has 0 saturated carbocycles. The molecule has 186 valence electrons. The number of aryl methyl sites for hydroxylation is 1. The molecule has 3 heterocycles. The van der Waals surface area contributed by atoms with Crippen LogP contribution in [-0.2, 0) is 37.8 Å². The molecule has 1 aromatic heterocycles. The normalized spacial score (nSPS) is 19.2. The lowest BCUT2D eigenvalue weighted by Gasteiger charge is -2.32. The predicted octanol–water partition coefficient (Wildman–Crippen LogP) is -2.84. The first-order chi connectivity index (χ1) is 15.0. The summed E-state index contributed by atoms with van der Waals surface area (Å²) in [5.41, 5.74) is 11.9. The zero-order valence-electron chi connectivity index (χ0n) is 18.0. The number of likely N-dealkylation sites (N-methyl/N-ethyl adjacent to an activating group) is 1. The zero-order chi connectivity index (χ0) is 25.3. The molecule has 2 aliphatic rings. The third-order valence-corrected chi connectivity index (χ3v) is 6.31. The number of aliphatic imine (C=N–C) groups is 1.